The molecule has 5 heteroatoms. The van der Waals surface area contributed by atoms with Crippen LogP contribution in [0.5, 0.6) is 5.75 Å². The number of rotatable bonds is 3. The van der Waals surface area contributed by atoms with Gasteiger partial charge in [-0.3, -0.25) is 4.79 Å². The number of anilines is 1. The molecule has 2 aromatic carbocycles. The van der Waals surface area contributed by atoms with Crippen molar-refractivity contribution in [2.45, 2.75) is 6.92 Å². The molecule has 0 radical (unpaired) electrons. The Bertz CT molecular complexity index is 656. The van der Waals surface area contributed by atoms with Crippen LogP contribution in [0.3, 0.4) is 0 Å². The second-order valence-corrected chi connectivity index (χ2v) is 6.03. The van der Waals surface area contributed by atoms with Gasteiger partial charge in [-0.05, 0) is 64.8 Å². The summed E-state index contributed by atoms with van der Waals surface area (Å²) < 4.78 is 6.85. The van der Waals surface area contributed by atoms with Gasteiger partial charge in [0.05, 0.1) is 12.7 Å². The van der Waals surface area contributed by atoms with Crippen LogP contribution in [0.1, 0.15) is 15.9 Å². The normalized spacial score (nSPS) is 10.2. The molecule has 2 aromatic rings. The van der Waals surface area contributed by atoms with Crippen LogP contribution in [0.2, 0.25) is 0 Å². The fourth-order valence-corrected chi connectivity index (χ4v) is 2.66. The summed E-state index contributed by atoms with van der Waals surface area (Å²) in [5.41, 5.74) is 2.31. The summed E-state index contributed by atoms with van der Waals surface area (Å²) in [5.74, 6) is 0.465. The number of halogens is 2. The van der Waals surface area contributed by atoms with Gasteiger partial charge in [0.2, 0.25) is 0 Å². The van der Waals surface area contributed by atoms with E-state index in [1.807, 2.05) is 25.1 Å². The quantitative estimate of drug-likeness (QED) is 0.807. The lowest BCUT2D eigenvalue weighted by atomic mass is 10.1. The molecule has 0 aliphatic carbocycles. The summed E-state index contributed by atoms with van der Waals surface area (Å²) in [6, 6.07) is 11.0. The average molecular weight is 399 g/mol. The zero-order chi connectivity index (χ0) is 14.7. The first kappa shape index (κ1) is 15.1. The van der Waals surface area contributed by atoms with Gasteiger partial charge in [-0.1, -0.05) is 15.9 Å². The molecule has 0 fully saturated rings. The van der Waals surface area contributed by atoms with Crippen molar-refractivity contribution >= 4 is 43.5 Å². The van der Waals surface area contributed by atoms with Crippen LogP contribution in [-0.2, 0) is 0 Å². The maximum Gasteiger partial charge on any atom is 0.256 e. The van der Waals surface area contributed by atoms with E-state index >= 15 is 0 Å². The monoisotopic (exact) mass is 397 g/mol. The maximum absolute atomic E-state index is 12.3. The lowest BCUT2D eigenvalue weighted by molar-refractivity contribution is 0.102. The molecule has 0 atom stereocenters. The molecule has 20 heavy (non-hydrogen) atoms. The van der Waals surface area contributed by atoms with Gasteiger partial charge < -0.3 is 10.1 Å². The number of nitrogens with one attached hydrogen (secondary N) is 1. The minimum Gasteiger partial charge on any atom is -0.497 e. The predicted octanol–water partition coefficient (Wildman–Crippen LogP) is 4.78. The SMILES string of the molecule is COc1ccc(Br)c(C(=O)Nc2ccc(Br)cc2C)c1. The van der Waals surface area contributed by atoms with Gasteiger partial charge in [-0.25, -0.2) is 0 Å². The van der Waals surface area contributed by atoms with Crippen LogP contribution in [0.25, 0.3) is 0 Å². The van der Waals surface area contributed by atoms with E-state index in [9.17, 15) is 4.79 Å². The zero-order valence-corrected chi connectivity index (χ0v) is 14.2. The number of aryl methyl sites for hydroxylation is 1. The Labute approximate surface area is 134 Å². The number of amides is 1. The van der Waals surface area contributed by atoms with E-state index in [-0.39, 0.29) is 5.91 Å². The van der Waals surface area contributed by atoms with E-state index in [0.717, 1.165) is 20.2 Å². The molecule has 0 aliphatic heterocycles. The number of hydrogen-bond donors (Lipinski definition) is 1. The summed E-state index contributed by atoms with van der Waals surface area (Å²) in [4.78, 5) is 12.3. The van der Waals surface area contributed by atoms with Crippen LogP contribution < -0.4 is 10.1 Å². The second-order valence-electron chi connectivity index (χ2n) is 4.26. The van der Waals surface area contributed by atoms with Crippen LogP contribution >= 0.6 is 31.9 Å². The molecule has 0 aliphatic rings. The zero-order valence-electron chi connectivity index (χ0n) is 11.0. The first-order valence-electron chi connectivity index (χ1n) is 5.92. The van der Waals surface area contributed by atoms with Crippen molar-refractivity contribution in [1.82, 2.24) is 0 Å². The van der Waals surface area contributed by atoms with Gasteiger partial charge >= 0.3 is 0 Å². The van der Waals surface area contributed by atoms with E-state index in [0.29, 0.717) is 11.3 Å². The predicted molar refractivity (Wildman–Crippen MR) is 87.5 cm³/mol. The summed E-state index contributed by atoms with van der Waals surface area (Å²) in [7, 11) is 1.57. The Morgan fingerprint density at radius 3 is 2.55 bits per heavy atom. The van der Waals surface area contributed by atoms with Gasteiger partial charge in [0.15, 0.2) is 0 Å². The van der Waals surface area contributed by atoms with Crippen molar-refractivity contribution in [2.24, 2.45) is 0 Å². The maximum atomic E-state index is 12.3. The molecule has 1 amide bonds. The van der Waals surface area contributed by atoms with Crippen molar-refractivity contribution in [1.29, 1.82) is 0 Å². The molecule has 1 N–H and O–H groups in total. The number of carbonyl (C=O) groups is 1. The standard InChI is InChI=1S/C15H13Br2NO2/c1-9-7-10(16)3-6-14(9)18-15(19)12-8-11(20-2)4-5-13(12)17/h3-8H,1-2H3,(H,18,19). The third-order valence-corrected chi connectivity index (χ3v) is 4.04. The number of hydrogen-bond acceptors (Lipinski definition) is 2. The highest BCUT2D eigenvalue weighted by atomic mass is 79.9. The highest BCUT2D eigenvalue weighted by molar-refractivity contribution is 9.10. The lowest BCUT2D eigenvalue weighted by Gasteiger charge is -2.11. The first-order valence-corrected chi connectivity index (χ1v) is 7.51. The van der Waals surface area contributed by atoms with Gasteiger partial charge in [0.1, 0.15) is 5.75 Å². The van der Waals surface area contributed by atoms with Crippen molar-refractivity contribution in [3.8, 4) is 5.75 Å². The Morgan fingerprint density at radius 1 is 1.15 bits per heavy atom. The third-order valence-electron chi connectivity index (χ3n) is 2.85. The minimum absolute atomic E-state index is 0.179. The number of methoxy groups -OCH3 is 1. The van der Waals surface area contributed by atoms with E-state index in [4.69, 9.17) is 4.74 Å². The fourth-order valence-electron chi connectivity index (χ4n) is 1.76. The Balaban J connectivity index is 2.28. The van der Waals surface area contributed by atoms with E-state index in [2.05, 4.69) is 37.2 Å². The fraction of sp³-hybridized carbons (Fsp3) is 0.133. The first-order chi connectivity index (χ1) is 9.51. The van der Waals surface area contributed by atoms with Gasteiger partial charge in [-0.2, -0.15) is 0 Å². The van der Waals surface area contributed by atoms with Crippen molar-refractivity contribution in [2.75, 3.05) is 12.4 Å². The van der Waals surface area contributed by atoms with Gasteiger partial charge in [0, 0.05) is 14.6 Å². The summed E-state index contributed by atoms with van der Waals surface area (Å²) in [6.07, 6.45) is 0. The summed E-state index contributed by atoms with van der Waals surface area (Å²) >= 11 is 6.78. The van der Waals surface area contributed by atoms with Crippen molar-refractivity contribution in [3.05, 3.63) is 56.5 Å². The van der Waals surface area contributed by atoms with E-state index in [1.165, 1.54) is 0 Å². The van der Waals surface area contributed by atoms with Crippen LogP contribution in [0.4, 0.5) is 5.69 Å². The molecule has 0 aromatic heterocycles. The van der Waals surface area contributed by atoms with Crippen molar-refractivity contribution < 1.29 is 9.53 Å². The van der Waals surface area contributed by atoms with Gasteiger partial charge in [-0.15, -0.1) is 0 Å². The highest BCUT2D eigenvalue weighted by Crippen LogP contribution is 2.25. The molecule has 104 valence electrons. The second kappa shape index (κ2) is 6.41. The number of ether oxygens (including phenoxy) is 1. The highest BCUT2D eigenvalue weighted by Gasteiger charge is 2.12. The Kier molecular flexibility index (Phi) is 4.83. The van der Waals surface area contributed by atoms with Crippen molar-refractivity contribution in [3.63, 3.8) is 0 Å². The smallest absolute Gasteiger partial charge is 0.256 e. The minimum atomic E-state index is -0.179. The third kappa shape index (κ3) is 3.41. The summed E-state index contributed by atoms with van der Waals surface area (Å²) in [6.45, 7) is 1.95. The molecule has 0 spiro atoms. The Morgan fingerprint density at radius 2 is 1.90 bits per heavy atom. The van der Waals surface area contributed by atoms with Gasteiger partial charge in [0.25, 0.3) is 5.91 Å². The molecular weight excluding hydrogens is 386 g/mol. The summed E-state index contributed by atoms with van der Waals surface area (Å²) in [5, 5.41) is 2.90. The van der Waals surface area contributed by atoms with E-state index in [1.54, 1.807) is 25.3 Å². The Hall–Kier alpha value is -1.33. The molecule has 0 saturated heterocycles. The average Bonchev–Trinajstić information content (AvgIpc) is 2.42. The molecule has 3 nitrogen and oxygen atoms in total. The largest absolute Gasteiger partial charge is 0.497 e. The van der Waals surface area contributed by atoms with Crippen LogP contribution in [0, 0.1) is 6.92 Å². The van der Waals surface area contributed by atoms with E-state index < -0.39 is 0 Å². The molecule has 0 heterocycles. The van der Waals surface area contributed by atoms with Crippen LogP contribution in [0.15, 0.2) is 45.3 Å². The number of carbonyl (C=O) groups excluding carboxylic acids is 1. The topological polar surface area (TPSA) is 38.3 Å². The molecule has 0 bridgehead atoms. The van der Waals surface area contributed by atoms with Crippen LogP contribution in [-0.4, -0.2) is 13.0 Å². The number of benzene rings is 2. The molecular formula is C15H13Br2NO2. The molecule has 0 unspecified atom stereocenters. The molecule has 0 saturated carbocycles. The lowest BCUT2D eigenvalue weighted by Crippen LogP contribution is -2.13. The molecule has 2 rings (SSSR count).